The van der Waals surface area contributed by atoms with E-state index in [1.54, 1.807) is 0 Å². The van der Waals surface area contributed by atoms with Crippen molar-refractivity contribution in [2.45, 2.75) is 32.6 Å². The van der Waals surface area contributed by atoms with Gasteiger partial charge >= 0.3 is 68.9 Å². The van der Waals surface area contributed by atoms with Crippen LogP contribution in [-0.4, -0.2) is 18.7 Å². The molecule has 1 N–H and O–H groups in total. The van der Waals surface area contributed by atoms with Crippen LogP contribution >= 0.6 is 0 Å². The Hall–Kier alpha value is 1.96. The van der Waals surface area contributed by atoms with Crippen LogP contribution in [0.2, 0.25) is 0 Å². The molecule has 0 atom stereocenters. The Morgan fingerprint density at radius 2 is 1.82 bits per heavy atom. The molecule has 0 unspecified atom stereocenters. The summed E-state index contributed by atoms with van der Waals surface area (Å²) in [5.41, 5.74) is 0. The monoisotopic (exact) mass is 300 g/mol. The van der Waals surface area contributed by atoms with Gasteiger partial charge in [-0.05, 0) is 6.42 Å². The van der Waals surface area contributed by atoms with Gasteiger partial charge in [0.25, 0.3) is 10.1 Å². The molecule has 0 aromatic rings. The summed E-state index contributed by atoms with van der Waals surface area (Å²) in [7, 11) is -3.70. The largest absolute Gasteiger partial charge is 1.00 e. The van der Waals surface area contributed by atoms with Crippen molar-refractivity contribution in [2.24, 2.45) is 0 Å². The summed E-state index contributed by atoms with van der Waals surface area (Å²) in [6.07, 6.45) is 3.57. The molecule has 0 aliphatic heterocycles. The zero-order valence-corrected chi connectivity index (χ0v) is 14.3. The fraction of sp³-hybridized carbons (Fsp3) is 1.00. The van der Waals surface area contributed by atoms with Crippen LogP contribution in [0, 0.1) is 0 Å². The van der Waals surface area contributed by atoms with Crippen molar-refractivity contribution in [3.05, 3.63) is 0 Å². The van der Waals surface area contributed by atoms with E-state index < -0.39 is 10.1 Å². The van der Waals surface area contributed by atoms with Crippen LogP contribution in [0.5, 0.6) is 0 Å². The maximum Gasteiger partial charge on any atom is 1.00 e. The Morgan fingerprint density at radius 1 is 1.27 bits per heavy atom. The fourth-order valence-corrected chi connectivity index (χ4v) is 1.28. The van der Waals surface area contributed by atoms with Crippen LogP contribution in [0.4, 0.5) is 0 Å². The molecule has 3 nitrogen and oxygen atoms in total. The van der Waals surface area contributed by atoms with Gasteiger partial charge in [0.1, 0.15) is 0 Å². The van der Waals surface area contributed by atoms with Crippen molar-refractivity contribution < 1.29 is 83.3 Å². The number of rotatable bonds is 5. The average Bonchev–Trinajstić information content (AvgIpc) is 1.78. The van der Waals surface area contributed by atoms with Gasteiger partial charge in [0.15, 0.2) is 0 Å². The minimum absolute atomic E-state index is 0. The van der Waals surface area contributed by atoms with Crippen molar-refractivity contribution in [1.82, 2.24) is 0 Å². The van der Waals surface area contributed by atoms with Crippen molar-refractivity contribution >= 4 is 10.1 Å². The summed E-state index contributed by atoms with van der Waals surface area (Å²) in [4.78, 5) is 0. The molecule has 0 aromatic heterocycles. The average molecular weight is 300 g/mol. The number of hydrogen-bond acceptors (Lipinski definition) is 2. The maximum absolute atomic E-state index is 10.1. The summed E-state index contributed by atoms with van der Waals surface area (Å²) in [6.45, 7) is 2.05. The quantitative estimate of drug-likeness (QED) is 0.500. The molecule has 64 valence electrons. The van der Waals surface area contributed by atoms with Gasteiger partial charge in [-0.3, -0.25) is 4.55 Å². The third kappa shape index (κ3) is 14.8. The van der Waals surface area contributed by atoms with E-state index in [4.69, 9.17) is 4.55 Å². The molecule has 0 saturated carbocycles. The Bertz CT molecular complexity index is 170. The van der Waals surface area contributed by atoms with Crippen molar-refractivity contribution in [1.29, 1.82) is 0 Å². The first-order chi connectivity index (χ1) is 4.56. The molecule has 0 amide bonds. The van der Waals surface area contributed by atoms with Crippen LogP contribution in [0.25, 0.3) is 0 Å². The predicted octanol–water partition coefficient (Wildman–Crippen LogP) is -1.43. The summed E-state index contributed by atoms with van der Waals surface area (Å²) >= 11 is 0. The first kappa shape index (κ1) is 15.4. The van der Waals surface area contributed by atoms with E-state index in [9.17, 15) is 8.42 Å². The zero-order chi connectivity index (χ0) is 8.04. The van der Waals surface area contributed by atoms with Gasteiger partial charge in [0.05, 0.1) is 5.75 Å². The number of unbranched alkanes of at least 4 members (excludes halogenated alkanes) is 3. The summed E-state index contributed by atoms with van der Waals surface area (Å²) in [5, 5.41) is 0. The molecule has 0 fully saturated rings. The molecule has 11 heavy (non-hydrogen) atoms. The molecule has 0 saturated heterocycles. The van der Waals surface area contributed by atoms with Crippen molar-refractivity contribution in [2.75, 3.05) is 5.75 Å². The first-order valence-corrected chi connectivity index (χ1v) is 5.12. The normalized spacial score (nSPS) is 10.7. The molecule has 5 heteroatoms. The van der Waals surface area contributed by atoms with Gasteiger partial charge in [0.2, 0.25) is 0 Å². The fourth-order valence-electron chi connectivity index (χ4n) is 0.711. The topological polar surface area (TPSA) is 54.4 Å². The predicted molar refractivity (Wildman–Crippen MR) is 41.7 cm³/mol. The second kappa shape index (κ2) is 8.56. The van der Waals surface area contributed by atoms with E-state index in [2.05, 4.69) is 0 Å². The zero-order valence-electron chi connectivity index (χ0n) is 8.21. The molecule has 0 aliphatic carbocycles. The summed E-state index contributed by atoms with van der Waals surface area (Å²) < 4.78 is 28.6. The SMILES string of the molecule is CCCCCCS(=O)(=O)O.[Cs+].[H-]. The summed E-state index contributed by atoms with van der Waals surface area (Å²) in [5.74, 6) is -0.0903. The molecule has 0 spiro atoms. The van der Waals surface area contributed by atoms with Crippen LogP contribution in [-0.2, 0) is 10.1 Å². The minimum Gasteiger partial charge on any atom is -1.00 e. The molecule has 0 radical (unpaired) electrons. The Labute approximate surface area is 129 Å². The molecule has 0 aliphatic rings. The van der Waals surface area contributed by atoms with E-state index in [1.807, 2.05) is 6.92 Å². The van der Waals surface area contributed by atoms with Crippen LogP contribution in [0.1, 0.15) is 34.0 Å². The molecule has 0 heterocycles. The van der Waals surface area contributed by atoms with Gasteiger partial charge in [-0.1, -0.05) is 26.2 Å². The van der Waals surface area contributed by atoms with Crippen LogP contribution in [0.3, 0.4) is 0 Å². The molecule has 0 bridgehead atoms. The minimum atomic E-state index is -3.70. The van der Waals surface area contributed by atoms with E-state index in [-0.39, 0.29) is 76.1 Å². The third-order valence-corrected chi connectivity index (χ3v) is 2.06. The molecular formula is C6H15CsO3S. The molecule has 0 rings (SSSR count). The van der Waals surface area contributed by atoms with Crippen molar-refractivity contribution in [3.63, 3.8) is 0 Å². The van der Waals surface area contributed by atoms with E-state index in [1.165, 1.54) is 0 Å². The van der Waals surface area contributed by atoms with Crippen LogP contribution < -0.4 is 68.9 Å². The Morgan fingerprint density at radius 3 is 2.18 bits per heavy atom. The van der Waals surface area contributed by atoms with Gasteiger partial charge in [-0.15, -0.1) is 0 Å². The van der Waals surface area contributed by atoms with Crippen LogP contribution in [0.15, 0.2) is 0 Å². The Balaban J connectivity index is -0.000000405. The first-order valence-electron chi connectivity index (χ1n) is 3.51. The molecular weight excluding hydrogens is 285 g/mol. The Kier molecular flexibility index (Phi) is 12.0. The summed E-state index contributed by atoms with van der Waals surface area (Å²) in [6, 6.07) is 0. The standard InChI is InChI=1S/C6H14O3S.Cs.H/c1-2-3-4-5-6-10(7,8)9;;/h2-6H2,1H3,(H,7,8,9);;/q;+1;-1. The van der Waals surface area contributed by atoms with Gasteiger partial charge in [-0.25, -0.2) is 0 Å². The second-order valence-corrected chi connectivity index (χ2v) is 3.92. The van der Waals surface area contributed by atoms with Crippen molar-refractivity contribution in [3.8, 4) is 0 Å². The van der Waals surface area contributed by atoms with Gasteiger partial charge in [0, 0.05) is 0 Å². The second-order valence-electron chi connectivity index (χ2n) is 2.35. The maximum atomic E-state index is 10.1. The van der Waals surface area contributed by atoms with E-state index in [0.717, 1.165) is 19.3 Å². The smallest absolute Gasteiger partial charge is 1.00 e. The molecule has 0 aromatic carbocycles. The van der Waals surface area contributed by atoms with E-state index in [0.29, 0.717) is 6.42 Å². The number of hydrogen-bond donors (Lipinski definition) is 1. The van der Waals surface area contributed by atoms with Gasteiger partial charge < -0.3 is 1.43 Å². The van der Waals surface area contributed by atoms with Gasteiger partial charge in [-0.2, -0.15) is 8.42 Å². The third-order valence-electron chi connectivity index (χ3n) is 1.26. The van der Waals surface area contributed by atoms with E-state index >= 15 is 0 Å².